The van der Waals surface area contributed by atoms with E-state index >= 15 is 0 Å². The van der Waals surface area contributed by atoms with Crippen LogP contribution in [0, 0.1) is 30.6 Å². The van der Waals surface area contributed by atoms with Crippen molar-refractivity contribution >= 4 is 5.78 Å². The van der Waals surface area contributed by atoms with Gasteiger partial charge in [-0.1, -0.05) is 30.2 Å². The third-order valence-corrected chi connectivity index (χ3v) is 7.03. The first-order valence-corrected chi connectivity index (χ1v) is 13.6. The molecule has 202 valence electrons. The minimum Gasteiger partial charge on any atom is -0.491 e. The number of aryl methyl sites for hydroxylation is 1. The predicted octanol–water partition coefficient (Wildman–Crippen LogP) is 4.34. The number of ketones is 1. The molecule has 0 aromatic heterocycles. The van der Waals surface area contributed by atoms with E-state index < -0.39 is 12.0 Å². The Kier molecular flexibility index (Phi) is 10.6. The molecule has 1 N–H and O–H groups in total. The zero-order chi connectivity index (χ0) is 26.0. The number of ether oxygens (including phenoxy) is 5. The third-order valence-electron chi connectivity index (χ3n) is 7.03. The summed E-state index contributed by atoms with van der Waals surface area (Å²) >= 11 is 0. The monoisotopic (exact) mass is 512 g/mol. The number of benzene rings is 1. The molecule has 1 aromatic rings. The van der Waals surface area contributed by atoms with E-state index in [2.05, 4.69) is 11.8 Å². The van der Waals surface area contributed by atoms with Gasteiger partial charge in [-0.25, -0.2) is 0 Å². The first-order valence-electron chi connectivity index (χ1n) is 13.6. The van der Waals surface area contributed by atoms with Crippen LogP contribution in [-0.2, 0) is 23.7 Å². The van der Waals surface area contributed by atoms with Crippen LogP contribution < -0.4 is 4.74 Å². The summed E-state index contributed by atoms with van der Waals surface area (Å²) in [6, 6.07) is 7.92. The topological polar surface area (TPSA) is 83.5 Å². The van der Waals surface area contributed by atoms with Crippen LogP contribution in [-0.4, -0.2) is 61.6 Å². The van der Waals surface area contributed by atoms with Crippen LogP contribution in [0.3, 0.4) is 0 Å². The number of aliphatic hydroxyl groups is 1. The van der Waals surface area contributed by atoms with Crippen molar-refractivity contribution in [3.05, 3.63) is 42.0 Å². The molecular formula is C30H40O7. The van der Waals surface area contributed by atoms with Gasteiger partial charge in [0.05, 0.1) is 18.1 Å². The van der Waals surface area contributed by atoms with Gasteiger partial charge < -0.3 is 28.8 Å². The SMILES string of the molecule is CC(=O)C#CC1C(O)CC(OC2CCCCO2)C1C=CC(COc1cccc(C)c1)OC1CCCCO1. The van der Waals surface area contributed by atoms with Gasteiger partial charge in [0.15, 0.2) is 12.6 Å². The first-order chi connectivity index (χ1) is 18.0. The van der Waals surface area contributed by atoms with Gasteiger partial charge in [-0.05, 0) is 69.1 Å². The van der Waals surface area contributed by atoms with Gasteiger partial charge in [-0.15, -0.1) is 0 Å². The van der Waals surface area contributed by atoms with E-state index in [0.717, 1.165) is 49.8 Å². The van der Waals surface area contributed by atoms with Crippen LogP contribution in [0.15, 0.2) is 36.4 Å². The van der Waals surface area contributed by atoms with Gasteiger partial charge in [-0.2, -0.15) is 0 Å². The Balaban J connectivity index is 1.51. The summed E-state index contributed by atoms with van der Waals surface area (Å²) in [7, 11) is 0. The fourth-order valence-corrected chi connectivity index (χ4v) is 5.10. The fraction of sp³-hybridized carbons (Fsp3) is 0.633. The second-order valence-corrected chi connectivity index (χ2v) is 10.2. The average molecular weight is 513 g/mol. The first kappa shape index (κ1) is 27.8. The highest BCUT2D eigenvalue weighted by Gasteiger charge is 2.42. The molecule has 7 atom stereocenters. The zero-order valence-electron chi connectivity index (χ0n) is 22.0. The number of aliphatic hydroxyl groups excluding tert-OH is 1. The zero-order valence-corrected chi connectivity index (χ0v) is 22.0. The molecule has 0 bridgehead atoms. The van der Waals surface area contributed by atoms with Crippen molar-refractivity contribution in [3.63, 3.8) is 0 Å². The van der Waals surface area contributed by atoms with E-state index in [1.165, 1.54) is 6.92 Å². The highest BCUT2D eigenvalue weighted by atomic mass is 16.7. The number of hydrogen-bond donors (Lipinski definition) is 1. The van der Waals surface area contributed by atoms with E-state index in [4.69, 9.17) is 23.7 Å². The number of Topliss-reactive ketones (excluding diaryl/α,β-unsaturated/α-hetero) is 1. The molecule has 3 fully saturated rings. The average Bonchev–Trinajstić information content (AvgIpc) is 3.19. The lowest BCUT2D eigenvalue weighted by Gasteiger charge is -2.29. The van der Waals surface area contributed by atoms with Crippen LogP contribution in [0.5, 0.6) is 5.75 Å². The van der Waals surface area contributed by atoms with E-state index in [1.807, 2.05) is 43.3 Å². The lowest BCUT2D eigenvalue weighted by Crippen LogP contribution is -2.32. The van der Waals surface area contributed by atoms with E-state index in [9.17, 15) is 9.90 Å². The molecule has 0 radical (unpaired) electrons. The molecule has 0 spiro atoms. The van der Waals surface area contributed by atoms with Crippen LogP contribution in [0.2, 0.25) is 0 Å². The molecule has 7 heteroatoms. The molecule has 1 aliphatic carbocycles. The number of rotatable bonds is 9. The van der Waals surface area contributed by atoms with Crippen molar-refractivity contribution < 1.29 is 33.6 Å². The van der Waals surface area contributed by atoms with E-state index in [0.29, 0.717) is 26.2 Å². The Hall–Kier alpha value is -2.21. The molecular weight excluding hydrogens is 472 g/mol. The van der Waals surface area contributed by atoms with Crippen molar-refractivity contribution in [2.75, 3.05) is 19.8 Å². The Morgan fingerprint density at radius 1 is 1.16 bits per heavy atom. The van der Waals surface area contributed by atoms with Crippen molar-refractivity contribution in [3.8, 4) is 17.6 Å². The summed E-state index contributed by atoms with van der Waals surface area (Å²) in [5, 5.41) is 10.8. The molecule has 7 nitrogen and oxygen atoms in total. The lowest BCUT2D eigenvalue weighted by atomic mass is 9.93. The highest BCUT2D eigenvalue weighted by molar-refractivity contribution is 5.93. The van der Waals surface area contributed by atoms with Crippen molar-refractivity contribution in [1.82, 2.24) is 0 Å². The van der Waals surface area contributed by atoms with Gasteiger partial charge in [0.1, 0.15) is 18.5 Å². The van der Waals surface area contributed by atoms with Gasteiger partial charge in [0.2, 0.25) is 5.78 Å². The largest absolute Gasteiger partial charge is 0.491 e. The summed E-state index contributed by atoms with van der Waals surface area (Å²) < 4.78 is 30.3. The Morgan fingerprint density at radius 3 is 2.59 bits per heavy atom. The normalized spacial score (nSPS) is 31.0. The molecule has 2 aliphatic heterocycles. The van der Waals surface area contributed by atoms with Crippen molar-refractivity contribution in [1.29, 1.82) is 0 Å². The molecule has 1 saturated carbocycles. The summed E-state index contributed by atoms with van der Waals surface area (Å²) in [6.45, 7) is 5.15. The van der Waals surface area contributed by atoms with Gasteiger partial charge in [0, 0.05) is 32.5 Å². The van der Waals surface area contributed by atoms with Crippen molar-refractivity contribution in [2.24, 2.45) is 11.8 Å². The minimum absolute atomic E-state index is 0.218. The van der Waals surface area contributed by atoms with Gasteiger partial charge in [0.25, 0.3) is 0 Å². The molecule has 4 rings (SSSR count). The molecule has 2 saturated heterocycles. The number of carbonyl (C=O) groups excluding carboxylic acids is 1. The molecule has 3 aliphatic rings. The summed E-state index contributed by atoms with van der Waals surface area (Å²) in [5.74, 6) is 5.55. The quantitative estimate of drug-likeness (QED) is 0.299. The molecule has 2 heterocycles. The standard InChI is InChI=1S/C30H40O7/c1-21-8-7-9-23(18-21)35-20-24(36-29-10-3-5-16-33-29)13-15-26-25(14-12-22(2)31)27(32)19-28(26)37-30-11-4-6-17-34-30/h7-9,13,15,18,24-30,32H,3-6,10-11,16-17,19-20H2,1-2H3. The second kappa shape index (κ2) is 14.1. The van der Waals surface area contributed by atoms with Crippen LogP contribution >= 0.6 is 0 Å². The van der Waals surface area contributed by atoms with Gasteiger partial charge in [-0.3, -0.25) is 4.79 Å². The second-order valence-electron chi connectivity index (χ2n) is 10.2. The third kappa shape index (κ3) is 8.66. The Labute approximate surface area is 220 Å². The molecule has 7 unspecified atom stereocenters. The molecule has 0 amide bonds. The van der Waals surface area contributed by atoms with Crippen LogP contribution in [0.1, 0.15) is 57.4 Å². The number of carbonyl (C=O) groups is 1. The van der Waals surface area contributed by atoms with Crippen molar-refractivity contribution in [2.45, 2.75) is 89.7 Å². The Morgan fingerprint density at radius 2 is 1.92 bits per heavy atom. The molecule has 1 aromatic carbocycles. The van der Waals surface area contributed by atoms with E-state index in [-0.39, 0.29) is 36.5 Å². The van der Waals surface area contributed by atoms with Crippen LogP contribution in [0.4, 0.5) is 0 Å². The van der Waals surface area contributed by atoms with E-state index in [1.54, 1.807) is 0 Å². The predicted molar refractivity (Wildman–Crippen MR) is 139 cm³/mol. The fourth-order valence-electron chi connectivity index (χ4n) is 5.10. The van der Waals surface area contributed by atoms with Crippen LogP contribution in [0.25, 0.3) is 0 Å². The minimum atomic E-state index is -0.695. The molecule has 37 heavy (non-hydrogen) atoms. The Bertz CT molecular complexity index is 952. The summed E-state index contributed by atoms with van der Waals surface area (Å²) in [4.78, 5) is 11.6. The summed E-state index contributed by atoms with van der Waals surface area (Å²) in [5.41, 5.74) is 1.12. The number of hydrogen-bond acceptors (Lipinski definition) is 7. The lowest BCUT2D eigenvalue weighted by molar-refractivity contribution is -0.193. The highest BCUT2D eigenvalue weighted by Crippen LogP contribution is 2.37. The maximum atomic E-state index is 11.6. The maximum Gasteiger partial charge on any atom is 0.202 e. The maximum absolute atomic E-state index is 11.6. The summed E-state index contributed by atoms with van der Waals surface area (Å²) in [6.07, 6.45) is 8.39. The smallest absolute Gasteiger partial charge is 0.202 e. The van der Waals surface area contributed by atoms with Gasteiger partial charge >= 0.3 is 0 Å².